The molecule has 5 heteroatoms. The van der Waals surface area contributed by atoms with Gasteiger partial charge < -0.3 is 15.0 Å². The highest BCUT2D eigenvalue weighted by Gasteiger charge is 2.30. The zero-order valence-corrected chi connectivity index (χ0v) is 10.9. The number of esters is 1. The van der Waals surface area contributed by atoms with Crippen molar-refractivity contribution >= 4 is 11.9 Å². The summed E-state index contributed by atoms with van der Waals surface area (Å²) < 4.78 is 4.55. The predicted octanol–water partition coefficient (Wildman–Crippen LogP) is 0.396. The molecule has 17 heavy (non-hydrogen) atoms. The molecule has 0 saturated carbocycles. The number of hydrogen-bond acceptors (Lipinski definition) is 4. The van der Waals surface area contributed by atoms with E-state index >= 15 is 0 Å². The molecule has 2 unspecified atom stereocenters. The van der Waals surface area contributed by atoms with Crippen LogP contribution in [0.2, 0.25) is 0 Å². The number of nitrogens with zero attached hydrogens (tertiary/aromatic N) is 1. The Morgan fingerprint density at radius 3 is 2.71 bits per heavy atom. The van der Waals surface area contributed by atoms with Gasteiger partial charge in [-0.15, -0.1) is 0 Å². The maximum Gasteiger partial charge on any atom is 0.305 e. The lowest BCUT2D eigenvalue weighted by Crippen LogP contribution is -2.44. The quantitative estimate of drug-likeness (QED) is 0.709. The third-order valence-corrected chi connectivity index (χ3v) is 3.28. The molecule has 1 aliphatic heterocycles. The highest BCUT2D eigenvalue weighted by Crippen LogP contribution is 2.16. The molecule has 1 fully saturated rings. The van der Waals surface area contributed by atoms with E-state index in [4.69, 9.17) is 0 Å². The molecule has 0 aromatic heterocycles. The molecule has 0 aromatic rings. The summed E-state index contributed by atoms with van der Waals surface area (Å²) >= 11 is 0. The van der Waals surface area contributed by atoms with E-state index in [0.29, 0.717) is 25.3 Å². The molecule has 1 saturated heterocycles. The van der Waals surface area contributed by atoms with E-state index in [0.717, 1.165) is 13.0 Å². The second-order valence-corrected chi connectivity index (χ2v) is 4.64. The van der Waals surface area contributed by atoms with Gasteiger partial charge in [-0.3, -0.25) is 9.59 Å². The van der Waals surface area contributed by atoms with E-state index in [1.807, 2.05) is 0 Å². The molecule has 0 aliphatic carbocycles. The van der Waals surface area contributed by atoms with Gasteiger partial charge in [-0.25, -0.2) is 0 Å². The Morgan fingerprint density at radius 1 is 1.47 bits per heavy atom. The molecule has 1 heterocycles. The van der Waals surface area contributed by atoms with Gasteiger partial charge in [0.05, 0.1) is 13.2 Å². The number of likely N-dealkylation sites (N-methyl/N-ethyl adjacent to an activating group) is 1. The fourth-order valence-electron chi connectivity index (χ4n) is 2.08. The van der Waals surface area contributed by atoms with Crippen LogP contribution in [0, 0.1) is 5.92 Å². The van der Waals surface area contributed by atoms with Crippen LogP contribution in [0.25, 0.3) is 0 Å². The Hall–Kier alpha value is -1.10. The number of nitrogens with one attached hydrogen (secondary N) is 1. The minimum Gasteiger partial charge on any atom is -0.469 e. The molecule has 0 spiro atoms. The van der Waals surface area contributed by atoms with Gasteiger partial charge in [0.25, 0.3) is 0 Å². The van der Waals surface area contributed by atoms with Crippen LogP contribution in [0.15, 0.2) is 0 Å². The monoisotopic (exact) mass is 242 g/mol. The summed E-state index contributed by atoms with van der Waals surface area (Å²) in [6.07, 6.45) is 2.06. The summed E-state index contributed by atoms with van der Waals surface area (Å²) in [4.78, 5) is 24.7. The largest absolute Gasteiger partial charge is 0.469 e. The Kier molecular flexibility index (Phi) is 5.41. The Labute approximate surface area is 102 Å². The number of carbonyl (C=O) groups excluding carboxylic acids is 2. The molecule has 1 rings (SSSR count). The maximum absolute atomic E-state index is 12.0. The number of ether oxygens (including phenoxy) is 1. The van der Waals surface area contributed by atoms with Gasteiger partial charge in [-0.05, 0) is 25.3 Å². The third kappa shape index (κ3) is 4.00. The van der Waals surface area contributed by atoms with Gasteiger partial charge in [-0.1, -0.05) is 6.92 Å². The predicted molar refractivity (Wildman–Crippen MR) is 64.5 cm³/mol. The zero-order valence-electron chi connectivity index (χ0n) is 10.9. The fourth-order valence-corrected chi connectivity index (χ4v) is 2.08. The number of hydrogen-bond donors (Lipinski definition) is 1. The van der Waals surface area contributed by atoms with E-state index < -0.39 is 0 Å². The van der Waals surface area contributed by atoms with Crippen molar-refractivity contribution in [3.63, 3.8) is 0 Å². The van der Waals surface area contributed by atoms with Crippen LogP contribution in [0.5, 0.6) is 0 Å². The van der Waals surface area contributed by atoms with Crippen molar-refractivity contribution in [3.8, 4) is 0 Å². The van der Waals surface area contributed by atoms with Crippen LogP contribution in [0.4, 0.5) is 0 Å². The number of amides is 1. The molecule has 2 atom stereocenters. The van der Waals surface area contributed by atoms with Crippen molar-refractivity contribution in [1.29, 1.82) is 0 Å². The zero-order chi connectivity index (χ0) is 12.8. The van der Waals surface area contributed by atoms with Gasteiger partial charge in [0.1, 0.15) is 0 Å². The van der Waals surface area contributed by atoms with E-state index in [1.54, 1.807) is 11.9 Å². The molecule has 98 valence electrons. The smallest absolute Gasteiger partial charge is 0.305 e. The first-order chi connectivity index (χ1) is 8.06. The van der Waals surface area contributed by atoms with E-state index in [-0.39, 0.29) is 17.9 Å². The second kappa shape index (κ2) is 6.59. The van der Waals surface area contributed by atoms with Crippen LogP contribution in [-0.4, -0.2) is 50.1 Å². The number of rotatable bonds is 5. The van der Waals surface area contributed by atoms with Crippen LogP contribution in [0.1, 0.15) is 26.2 Å². The lowest BCUT2D eigenvalue weighted by Gasteiger charge is -2.23. The molecule has 1 N–H and O–H groups in total. The summed E-state index contributed by atoms with van der Waals surface area (Å²) in [6, 6.07) is -0.0573. The normalized spacial score (nSPS) is 23.5. The van der Waals surface area contributed by atoms with Gasteiger partial charge in [0.15, 0.2) is 0 Å². The van der Waals surface area contributed by atoms with Gasteiger partial charge in [0, 0.05) is 20.0 Å². The lowest BCUT2D eigenvalue weighted by molar-refractivity contribution is -0.141. The first kappa shape index (κ1) is 14.0. The lowest BCUT2D eigenvalue weighted by atomic mass is 10.0. The topological polar surface area (TPSA) is 58.6 Å². The molecular weight excluding hydrogens is 220 g/mol. The average Bonchev–Trinajstić information content (AvgIpc) is 2.74. The standard InChI is InChI=1S/C12H22N2O3/c1-9-6-7-13-11(9)12(16)14(2)8-4-5-10(15)17-3/h9,11,13H,4-8H2,1-3H3. The van der Waals surface area contributed by atoms with E-state index in [1.165, 1.54) is 7.11 Å². The molecule has 1 aliphatic rings. The Balaban J connectivity index is 2.29. The van der Waals surface area contributed by atoms with Crippen LogP contribution in [-0.2, 0) is 14.3 Å². The van der Waals surface area contributed by atoms with Crippen molar-refractivity contribution in [2.75, 3.05) is 27.2 Å². The number of methoxy groups -OCH3 is 1. The Morgan fingerprint density at radius 2 is 2.18 bits per heavy atom. The van der Waals surface area contributed by atoms with Crippen LogP contribution in [0.3, 0.4) is 0 Å². The molecule has 0 aromatic carbocycles. The minimum absolute atomic E-state index is 0.0573. The molecule has 0 radical (unpaired) electrons. The van der Waals surface area contributed by atoms with Crippen molar-refractivity contribution in [1.82, 2.24) is 10.2 Å². The first-order valence-corrected chi connectivity index (χ1v) is 6.11. The first-order valence-electron chi connectivity index (χ1n) is 6.11. The van der Waals surface area contributed by atoms with Crippen molar-refractivity contribution in [2.24, 2.45) is 5.92 Å². The molecular formula is C12H22N2O3. The summed E-state index contributed by atoms with van der Waals surface area (Å²) in [6.45, 7) is 3.59. The van der Waals surface area contributed by atoms with Crippen molar-refractivity contribution < 1.29 is 14.3 Å². The van der Waals surface area contributed by atoms with Crippen molar-refractivity contribution in [3.05, 3.63) is 0 Å². The summed E-state index contributed by atoms with van der Waals surface area (Å²) in [7, 11) is 3.16. The summed E-state index contributed by atoms with van der Waals surface area (Å²) in [5, 5.41) is 3.21. The van der Waals surface area contributed by atoms with Crippen LogP contribution < -0.4 is 5.32 Å². The van der Waals surface area contributed by atoms with Gasteiger partial charge in [-0.2, -0.15) is 0 Å². The Bertz CT molecular complexity index is 281. The van der Waals surface area contributed by atoms with Gasteiger partial charge in [0.2, 0.25) is 5.91 Å². The second-order valence-electron chi connectivity index (χ2n) is 4.64. The van der Waals surface area contributed by atoms with E-state index in [9.17, 15) is 9.59 Å². The van der Waals surface area contributed by atoms with Crippen LogP contribution >= 0.6 is 0 Å². The maximum atomic E-state index is 12.0. The molecule has 5 nitrogen and oxygen atoms in total. The average molecular weight is 242 g/mol. The SMILES string of the molecule is COC(=O)CCCN(C)C(=O)C1NCCC1C. The third-order valence-electron chi connectivity index (χ3n) is 3.28. The van der Waals surface area contributed by atoms with Gasteiger partial charge >= 0.3 is 5.97 Å². The highest BCUT2D eigenvalue weighted by molar-refractivity contribution is 5.82. The molecule has 0 bridgehead atoms. The fraction of sp³-hybridized carbons (Fsp3) is 0.833. The minimum atomic E-state index is -0.224. The van der Waals surface area contributed by atoms with E-state index in [2.05, 4.69) is 17.0 Å². The number of carbonyl (C=O) groups is 2. The molecule has 1 amide bonds. The summed E-state index contributed by atoms with van der Waals surface area (Å²) in [5.41, 5.74) is 0. The summed E-state index contributed by atoms with van der Waals surface area (Å²) in [5.74, 6) is 0.295. The van der Waals surface area contributed by atoms with Crippen molar-refractivity contribution in [2.45, 2.75) is 32.2 Å². The highest BCUT2D eigenvalue weighted by atomic mass is 16.5.